The summed E-state index contributed by atoms with van der Waals surface area (Å²) in [4.78, 5) is 0. The van der Waals surface area contributed by atoms with Crippen LogP contribution in [0.5, 0.6) is 11.5 Å². The third-order valence-electron chi connectivity index (χ3n) is 2.11. The zero-order valence-electron chi connectivity index (χ0n) is 10.2. The Bertz CT molecular complexity index is 441. The molecule has 0 fully saturated rings. The summed E-state index contributed by atoms with van der Waals surface area (Å²) in [5.41, 5.74) is 0. The molecule has 0 saturated carbocycles. The fourth-order valence-electron chi connectivity index (χ4n) is 1.22. The van der Waals surface area contributed by atoms with Crippen molar-refractivity contribution in [2.24, 2.45) is 0 Å². The van der Waals surface area contributed by atoms with Crippen molar-refractivity contribution >= 4 is 23.2 Å². The van der Waals surface area contributed by atoms with Crippen LogP contribution in [0, 0.1) is 0 Å². The Balaban J connectivity index is 0.000000180. The van der Waals surface area contributed by atoms with Gasteiger partial charge in [-0.25, -0.2) is 0 Å². The zero-order valence-corrected chi connectivity index (χ0v) is 11.7. The van der Waals surface area contributed by atoms with Gasteiger partial charge in [0.15, 0.2) is 0 Å². The van der Waals surface area contributed by atoms with Gasteiger partial charge in [-0.1, -0.05) is 47.5 Å². The van der Waals surface area contributed by atoms with Crippen LogP contribution >= 0.6 is 23.2 Å². The van der Waals surface area contributed by atoms with Gasteiger partial charge < -0.3 is 9.47 Å². The number of para-hydroxylation sites is 2. The molecule has 4 heteroatoms. The van der Waals surface area contributed by atoms with E-state index in [1.165, 1.54) is 0 Å². The second kappa shape index (κ2) is 7.85. The molecule has 2 aromatic carbocycles. The van der Waals surface area contributed by atoms with Crippen LogP contribution in [-0.2, 0) is 0 Å². The van der Waals surface area contributed by atoms with Crippen molar-refractivity contribution in [3.63, 3.8) is 0 Å². The van der Waals surface area contributed by atoms with Crippen molar-refractivity contribution in [2.75, 3.05) is 14.2 Å². The molecular weight excluding hydrogens is 271 g/mol. The molecular formula is C14H14Cl2O2. The van der Waals surface area contributed by atoms with Crippen molar-refractivity contribution < 1.29 is 9.47 Å². The van der Waals surface area contributed by atoms with Crippen LogP contribution in [-0.4, -0.2) is 14.2 Å². The summed E-state index contributed by atoms with van der Waals surface area (Å²) in [5, 5.41) is 1.31. The number of halogens is 2. The summed E-state index contributed by atoms with van der Waals surface area (Å²) in [7, 11) is 3.20. The predicted octanol–water partition coefficient (Wildman–Crippen LogP) is 4.70. The lowest BCUT2D eigenvalue weighted by atomic mass is 10.3. The number of rotatable bonds is 2. The average Bonchev–Trinajstić information content (AvgIpc) is 2.41. The van der Waals surface area contributed by atoms with E-state index in [0.29, 0.717) is 10.0 Å². The van der Waals surface area contributed by atoms with Gasteiger partial charge in [-0.3, -0.25) is 0 Å². The maximum Gasteiger partial charge on any atom is 0.137 e. The van der Waals surface area contributed by atoms with Crippen LogP contribution in [0.3, 0.4) is 0 Å². The monoisotopic (exact) mass is 284 g/mol. The number of benzene rings is 2. The van der Waals surface area contributed by atoms with Crippen molar-refractivity contribution in [3.05, 3.63) is 58.6 Å². The van der Waals surface area contributed by atoms with Crippen LogP contribution in [0.15, 0.2) is 48.5 Å². The van der Waals surface area contributed by atoms with E-state index in [-0.39, 0.29) is 0 Å². The second-order valence-electron chi connectivity index (χ2n) is 3.27. The van der Waals surface area contributed by atoms with E-state index in [0.717, 1.165) is 11.5 Å². The van der Waals surface area contributed by atoms with E-state index in [4.69, 9.17) is 32.7 Å². The highest BCUT2D eigenvalue weighted by atomic mass is 35.5. The fraction of sp³-hybridized carbons (Fsp3) is 0.143. The van der Waals surface area contributed by atoms with Gasteiger partial charge in [-0.05, 0) is 24.3 Å². The van der Waals surface area contributed by atoms with Crippen molar-refractivity contribution in [1.82, 2.24) is 0 Å². The highest BCUT2D eigenvalue weighted by Crippen LogP contribution is 2.22. The SMILES string of the molecule is COc1ccccc1Cl.COc1ccccc1Cl. The van der Waals surface area contributed by atoms with Crippen LogP contribution < -0.4 is 9.47 Å². The lowest BCUT2D eigenvalue weighted by Crippen LogP contribution is -1.81. The molecule has 0 amide bonds. The Morgan fingerprint density at radius 2 is 1.00 bits per heavy atom. The van der Waals surface area contributed by atoms with Gasteiger partial charge in [0.25, 0.3) is 0 Å². The van der Waals surface area contributed by atoms with Gasteiger partial charge in [0.2, 0.25) is 0 Å². The highest BCUT2D eigenvalue weighted by Gasteiger charge is 1.94. The molecule has 0 unspecified atom stereocenters. The Morgan fingerprint density at radius 3 is 1.22 bits per heavy atom. The second-order valence-corrected chi connectivity index (χ2v) is 4.08. The maximum atomic E-state index is 5.70. The lowest BCUT2D eigenvalue weighted by molar-refractivity contribution is 0.415. The standard InChI is InChI=1S/2C7H7ClO/c2*1-9-7-5-3-2-4-6(7)8/h2*2-5H,1H3. The quantitative estimate of drug-likeness (QED) is 0.796. The highest BCUT2D eigenvalue weighted by molar-refractivity contribution is 6.32. The molecule has 0 spiro atoms. The topological polar surface area (TPSA) is 18.5 Å². The third kappa shape index (κ3) is 4.47. The lowest BCUT2D eigenvalue weighted by Gasteiger charge is -1.98. The molecule has 2 nitrogen and oxygen atoms in total. The Kier molecular flexibility index (Phi) is 6.40. The van der Waals surface area contributed by atoms with Gasteiger partial charge in [-0.2, -0.15) is 0 Å². The Labute approximate surface area is 117 Å². The molecule has 0 aliphatic rings. The molecule has 0 atom stereocenters. The zero-order chi connectivity index (χ0) is 13.4. The first-order valence-electron chi connectivity index (χ1n) is 5.26. The number of ether oxygens (including phenoxy) is 2. The van der Waals surface area contributed by atoms with E-state index in [1.54, 1.807) is 26.4 Å². The van der Waals surface area contributed by atoms with Crippen molar-refractivity contribution in [1.29, 1.82) is 0 Å². The minimum atomic E-state index is 0.653. The van der Waals surface area contributed by atoms with Gasteiger partial charge in [0, 0.05) is 0 Å². The van der Waals surface area contributed by atoms with Crippen LogP contribution in [0.2, 0.25) is 10.0 Å². The average molecular weight is 285 g/mol. The molecule has 96 valence electrons. The summed E-state index contributed by atoms with van der Waals surface area (Å²) in [6.45, 7) is 0. The first kappa shape index (κ1) is 14.7. The number of hydrogen-bond donors (Lipinski definition) is 0. The van der Waals surface area contributed by atoms with Crippen LogP contribution in [0.1, 0.15) is 0 Å². The smallest absolute Gasteiger partial charge is 0.137 e. The first-order chi connectivity index (χ1) is 8.69. The summed E-state index contributed by atoms with van der Waals surface area (Å²) in [6.07, 6.45) is 0. The summed E-state index contributed by atoms with van der Waals surface area (Å²) in [6, 6.07) is 14.7. The fourth-order valence-corrected chi connectivity index (χ4v) is 1.65. The third-order valence-corrected chi connectivity index (χ3v) is 2.74. The molecule has 0 aromatic heterocycles. The minimum absolute atomic E-state index is 0.653. The van der Waals surface area contributed by atoms with Crippen molar-refractivity contribution in [2.45, 2.75) is 0 Å². The van der Waals surface area contributed by atoms with Crippen LogP contribution in [0.4, 0.5) is 0 Å². The van der Waals surface area contributed by atoms with Crippen LogP contribution in [0.25, 0.3) is 0 Å². The van der Waals surface area contributed by atoms with E-state index in [1.807, 2.05) is 36.4 Å². The van der Waals surface area contributed by atoms with Gasteiger partial charge in [0.05, 0.1) is 24.3 Å². The molecule has 0 saturated heterocycles. The summed E-state index contributed by atoms with van der Waals surface area (Å²) in [5.74, 6) is 1.44. The Hall–Kier alpha value is -1.38. The Morgan fingerprint density at radius 1 is 0.667 bits per heavy atom. The molecule has 0 heterocycles. The molecule has 0 radical (unpaired) electrons. The molecule has 18 heavy (non-hydrogen) atoms. The molecule has 0 N–H and O–H groups in total. The number of hydrogen-bond acceptors (Lipinski definition) is 2. The normalized spacial score (nSPS) is 9.11. The molecule has 0 aliphatic heterocycles. The van der Waals surface area contributed by atoms with E-state index >= 15 is 0 Å². The van der Waals surface area contributed by atoms with Crippen molar-refractivity contribution in [3.8, 4) is 11.5 Å². The molecule has 0 aliphatic carbocycles. The summed E-state index contributed by atoms with van der Waals surface area (Å²) >= 11 is 11.4. The largest absolute Gasteiger partial charge is 0.495 e. The van der Waals surface area contributed by atoms with E-state index < -0.39 is 0 Å². The van der Waals surface area contributed by atoms with Gasteiger partial charge in [0.1, 0.15) is 11.5 Å². The number of methoxy groups -OCH3 is 2. The molecule has 2 aromatic rings. The van der Waals surface area contributed by atoms with E-state index in [2.05, 4.69) is 0 Å². The predicted molar refractivity (Wildman–Crippen MR) is 76.0 cm³/mol. The van der Waals surface area contributed by atoms with Gasteiger partial charge in [-0.15, -0.1) is 0 Å². The maximum absolute atomic E-state index is 5.70. The van der Waals surface area contributed by atoms with E-state index in [9.17, 15) is 0 Å². The van der Waals surface area contributed by atoms with Gasteiger partial charge >= 0.3 is 0 Å². The molecule has 0 bridgehead atoms. The summed E-state index contributed by atoms with van der Waals surface area (Å²) < 4.78 is 9.83. The minimum Gasteiger partial charge on any atom is -0.495 e. The first-order valence-corrected chi connectivity index (χ1v) is 6.01. The molecule has 2 rings (SSSR count).